The minimum Gasteiger partial charge on any atom is -0.478 e. The topological polar surface area (TPSA) is 155 Å². The lowest BCUT2D eigenvalue weighted by Gasteiger charge is -2.21. The zero-order valence-corrected chi connectivity index (χ0v) is 19.7. The second-order valence-electron chi connectivity index (χ2n) is 7.06. The molecule has 0 aliphatic carbocycles. The standard InChI is InChI=1S/C17H25N5O4S.C2HF3O2/c1-5-7-22-14(8-12(3)19-22)11-21(4)16-15(17(23)24)9-13(10-18-16)20-27(25,26)6-2;3-2(4,5)1(6)7/h8-10,20H,5-7,11H2,1-4H3,(H,23,24);(H,6,7). The molecule has 0 unspecified atom stereocenters. The summed E-state index contributed by atoms with van der Waals surface area (Å²) in [5.74, 6) is -3.80. The minimum absolute atomic E-state index is 0.0768. The van der Waals surface area contributed by atoms with Crippen molar-refractivity contribution in [1.29, 1.82) is 0 Å². The Morgan fingerprint density at radius 3 is 2.26 bits per heavy atom. The van der Waals surface area contributed by atoms with Crippen molar-refractivity contribution in [3.8, 4) is 0 Å². The Hall–Kier alpha value is -3.36. The van der Waals surface area contributed by atoms with Crippen LogP contribution < -0.4 is 9.62 Å². The van der Waals surface area contributed by atoms with Crippen LogP contribution in [0.25, 0.3) is 0 Å². The molecule has 2 aromatic rings. The number of alkyl halides is 3. The van der Waals surface area contributed by atoms with Crippen molar-refractivity contribution in [2.75, 3.05) is 22.4 Å². The predicted molar refractivity (Wildman–Crippen MR) is 117 cm³/mol. The van der Waals surface area contributed by atoms with Crippen LogP contribution in [0.3, 0.4) is 0 Å². The molecule has 0 amide bonds. The van der Waals surface area contributed by atoms with Gasteiger partial charge in [0.15, 0.2) is 0 Å². The number of halogens is 3. The lowest BCUT2D eigenvalue weighted by atomic mass is 10.2. The van der Waals surface area contributed by atoms with Gasteiger partial charge in [-0.25, -0.2) is 23.0 Å². The van der Waals surface area contributed by atoms with Crippen LogP contribution in [0.4, 0.5) is 24.7 Å². The number of nitrogens with one attached hydrogen (secondary N) is 1. The Labute approximate surface area is 194 Å². The third-order valence-corrected chi connectivity index (χ3v) is 5.48. The van der Waals surface area contributed by atoms with Gasteiger partial charge < -0.3 is 15.1 Å². The first-order valence-electron chi connectivity index (χ1n) is 9.89. The summed E-state index contributed by atoms with van der Waals surface area (Å²) < 4.78 is 59.4. The fourth-order valence-corrected chi connectivity index (χ4v) is 3.29. The molecule has 0 bridgehead atoms. The van der Waals surface area contributed by atoms with E-state index >= 15 is 0 Å². The fraction of sp³-hybridized carbons (Fsp3) is 0.474. The van der Waals surface area contributed by atoms with Crippen molar-refractivity contribution < 1.29 is 41.4 Å². The zero-order valence-electron chi connectivity index (χ0n) is 18.9. The number of sulfonamides is 1. The van der Waals surface area contributed by atoms with Gasteiger partial charge in [0, 0.05) is 13.6 Å². The van der Waals surface area contributed by atoms with Crippen molar-refractivity contribution in [3.05, 3.63) is 35.3 Å². The number of aromatic nitrogens is 3. The third kappa shape index (κ3) is 8.53. The number of carboxylic acids is 2. The van der Waals surface area contributed by atoms with E-state index in [1.165, 1.54) is 19.2 Å². The molecule has 0 fully saturated rings. The Bertz CT molecular complexity index is 1120. The van der Waals surface area contributed by atoms with E-state index in [2.05, 4.69) is 21.7 Å². The molecule has 2 heterocycles. The largest absolute Gasteiger partial charge is 0.490 e. The summed E-state index contributed by atoms with van der Waals surface area (Å²) in [4.78, 5) is 26.5. The number of carbonyl (C=O) groups is 2. The number of anilines is 2. The van der Waals surface area contributed by atoms with Gasteiger partial charge in [0.05, 0.1) is 35.6 Å². The molecule has 0 aliphatic heterocycles. The van der Waals surface area contributed by atoms with Gasteiger partial charge in [0.25, 0.3) is 0 Å². The van der Waals surface area contributed by atoms with E-state index < -0.39 is 28.1 Å². The highest BCUT2D eigenvalue weighted by Gasteiger charge is 2.38. The van der Waals surface area contributed by atoms with E-state index in [1.807, 2.05) is 17.7 Å². The molecule has 0 aliphatic rings. The molecular formula is C19H26F3N5O6S. The average molecular weight is 510 g/mol. The number of hydrogen-bond donors (Lipinski definition) is 3. The summed E-state index contributed by atoms with van der Waals surface area (Å²) in [5, 5.41) is 21.1. The molecule has 0 saturated heterocycles. The molecule has 2 rings (SSSR count). The van der Waals surface area contributed by atoms with Gasteiger partial charge in [-0.05, 0) is 32.4 Å². The van der Waals surface area contributed by atoms with Gasteiger partial charge in [0.2, 0.25) is 10.0 Å². The number of carboxylic acid groups (broad SMARTS) is 2. The van der Waals surface area contributed by atoms with Gasteiger partial charge in [-0.3, -0.25) is 9.40 Å². The summed E-state index contributed by atoms with van der Waals surface area (Å²) in [7, 11) is -1.77. The predicted octanol–water partition coefficient (Wildman–Crippen LogP) is 2.73. The maximum atomic E-state index is 11.7. The maximum Gasteiger partial charge on any atom is 0.490 e. The van der Waals surface area contributed by atoms with Crippen molar-refractivity contribution in [2.45, 2.75) is 46.5 Å². The number of aliphatic carboxylic acids is 1. The van der Waals surface area contributed by atoms with Crippen LogP contribution in [0.2, 0.25) is 0 Å². The van der Waals surface area contributed by atoms with Gasteiger partial charge in [-0.15, -0.1) is 0 Å². The molecule has 0 spiro atoms. The van der Waals surface area contributed by atoms with Gasteiger partial charge in [0.1, 0.15) is 11.4 Å². The van der Waals surface area contributed by atoms with E-state index in [0.717, 1.165) is 24.4 Å². The molecule has 2 aromatic heterocycles. The SMILES string of the molecule is CCCn1nc(C)cc1CN(C)c1ncc(NS(=O)(=O)CC)cc1C(=O)O.O=C(O)C(F)(F)F. The van der Waals surface area contributed by atoms with Crippen molar-refractivity contribution in [1.82, 2.24) is 14.8 Å². The molecule has 0 atom stereocenters. The second kappa shape index (κ2) is 11.7. The molecule has 0 radical (unpaired) electrons. The number of rotatable bonds is 9. The van der Waals surface area contributed by atoms with Crippen molar-refractivity contribution in [3.63, 3.8) is 0 Å². The lowest BCUT2D eigenvalue weighted by molar-refractivity contribution is -0.192. The second-order valence-corrected chi connectivity index (χ2v) is 9.08. The van der Waals surface area contributed by atoms with E-state index in [-0.39, 0.29) is 22.8 Å². The first kappa shape index (κ1) is 28.7. The zero-order chi connectivity index (χ0) is 26.3. The third-order valence-electron chi connectivity index (χ3n) is 4.17. The normalized spacial score (nSPS) is 11.4. The van der Waals surface area contributed by atoms with Crippen LogP contribution in [0.5, 0.6) is 0 Å². The number of aryl methyl sites for hydroxylation is 2. The first-order chi connectivity index (χ1) is 15.6. The van der Waals surface area contributed by atoms with Crippen LogP contribution in [0.1, 0.15) is 42.0 Å². The Morgan fingerprint density at radius 1 is 1.21 bits per heavy atom. The molecular weight excluding hydrogens is 483 g/mol. The fourth-order valence-electron chi connectivity index (χ4n) is 2.68. The Kier molecular flexibility index (Phi) is 9.84. The summed E-state index contributed by atoms with van der Waals surface area (Å²) in [5.41, 5.74) is 1.89. The molecule has 0 aromatic carbocycles. The highest BCUT2D eigenvalue weighted by atomic mass is 32.2. The van der Waals surface area contributed by atoms with Crippen LogP contribution in [-0.4, -0.2) is 64.3 Å². The molecule has 15 heteroatoms. The molecule has 190 valence electrons. The molecule has 11 nitrogen and oxygen atoms in total. The maximum absolute atomic E-state index is 11.7. The van der Waals surface area contributed by atoms with Crippen LogP contribution in [0, 0.1) is 6.92 Å². The van der Waals surface area contributed by atoms with Crippen LogP contribution >= 0.6 is 0 Å². The minimum atomic E-state index is -5.08. The summed E-state index contributed by atoms with van der Waals surface area (Å²) in [6.07, 6.45) is -2.83. The highest BCUT2D eigenvalue weighted by molar-refractivity contribution is 7.92. The van der Waals surface area contributed by atoms with Crippen molar-refractivity contribution in [2.24, 2.45) is 0 Å². The summed E-state index contributed by atoms with van der Waals surface area (Å²) >= 11 is 0. The summed E-state index contributed by atoms with van der Waals surface area (Å²) in [6, 6.07) is 3.24. The first-order valence-corrected chi connectivity index (χ1v) is 11.5. The summed E-state index contributed by atoms with van der Waals surface area (Å²) in [6.45, 7) is 6.66. The molecule has 34 heavy (non-hydrogen) atoms. The smallest absolute Gasteiger partial charge is 0.478 e. The number of hydrogen-bond acceptors (Lipinski definition) is 7. The monoisotopic (exact) mass is 509 g/mol. The van der Waals surface area contributed by atoms with Crippen LogP contribution in [0.15, 0.2) is 18.3 Å². The molecule has 3 N–H and O–H groups in total. The van der Waals surface area contributed by atoms with E-state index in [4.69, 9.17) is 9.90 Å². The van der Waals surface area contributed by atoms with Gasteiger partial charge >= 0.3 is 18.1 Å². The van der Waals surface area contributed by atoms with E-state index in [9.17, 15) is 31.5 Å². The number of nitrogens with zero attached hydrogens (tertiary/aromatic N) is 4. The average Bonchev–Trinajstić information content (AvgIpc) is 3.06. The lowest BCUT2D eigenvalue weighted by Crippen LogP contribution is -2.23. The van der Waals surface area contributed by atoms with E-state index in [0.29, 0.717) is 6.54 Å². The highest BCUT2D eigenvalue weighted by Crippen LogP contribution is 2.23. The Morgan fingerprint density at radius 2 is 1.79 bits per heavy atom. The van der Waals surface area contributed by atoms with Gasteiger partial charge in [-0.2, -0.15) is 18.3 Å². The van der Waals surface area contributed by atoms with Crippen LogP contribution in [-0.2, 0) is 27.9 Å². The van der Waals surface area contributed by atoms with E-state index in [1.54, 1.807) is 11.9 Å². The van der Waals surface area contributed by atoms with Gasteiger partial charge in [-0.1, -0.05) is 6.92 Å². The number of aromatic carboxylic acids is 1. The number of pyridine rings is 1. The Balaban J connectivity index is 0.000000718. The van der Waals surface area contributed by atoms with Crippen molar-refractivity contribution >= 4 is 33.5 Å². The quantitative estimate of drug-likeness (QED) is 0.463. The molecule has 0 saturated carbocycles.